The number of amides is 1. The van der Waals surface area contributed by atoms with E-state index in [4.69, 9.17) is 0 Å². The maximum Gasteiger partial charge on any atom is 0.256 e. The normalized spacial score (nSPS) is 10.1. The molecule has 1 aromatic heterocycles. The van der Waals surface area contributed by atoms with E-state index in [9.17, 15) is 9.18 Å². The SMILES string of the molecule is CSCCN(C)C(=O)c1ccncc1F. The number of halogens is 1. The average Bonchev–Trinajstić information content (AvgIpc) is 2.25. The van der Waals surface area contributed by atoms with Crippen molar-refractivity contribution in [1.29, 1.82) is 0 Å². The molecule has 0 aliphatic heterocycles. The summed E-state index contributed by atoms with van der Waals surface area (Å²) in [5, 5.41) is 0. The van der Waals surface area contributed by atoms with E-state index in [-0.39, 0.29) is 11.5 Å². The zero-order valence-electron chi connectivity index (χ0n) is 8.74. The number of thioether (sulfide) groups is 1. The van der Waals surface area contributed by atoms with Crippen LogP contribution in [0.3, 0.4) is 0 Å². The molecule has 0 saturated carbocycles. The van der Waals surface area contributed by atoms with Gasteiger partial charge in [0.1, 0.15) is 0 Å². The molecule has 0 bridgehead atoms. The fourth-order valence-corrected chi connectivity index (χ4v) is 1.54. The van der Waals surface area contributed by atoms with E-state index in [1.54, 1.807) is 18.8 Å². The first-order valence-corrected chi connectivity index (χ1v) is 5.90. The molecule has 1 heterocycles. The number of nitrogens with zero attached hydrogens (tertiary/aromatic N) is 2. The van der Waals surface area contributed by atoms with Crippen molar-refractivity contribution in [2.24, 2.45) is 0 Å². The Bertz CT molecular complexity index is 346. The van der Waals surface area contributed by atoms with Gasteiger partial charge in [0.15, 0.2) is 5.82 Å². The molecule has 0 unspecified atom stereocenters. The molecule has 0 fully saturated rings. The van der Waals surface area contributed by atoms with Crippen LogP contribution in [0.1, 0.15) is 10.4 Å². The van der Waals surface area contributed by atoms with Crippen LogP contribution in [0.2, 0.25) is 0 Å². The zero-order valence-corrected chi connectivity index (χ0v) is 9.55. The van der Waals surface area contributed by atoms with Crippen molar-refractivity contribution in [3.63, 3.8) is 0 Å². The van der Waals surface area contributed by atoms with E-state index in [1.165, 1.54) is 17.2 Å². The minimum atomic E-state index is -0.571. The number of carbonyl (C=O) groups excluding carboxylic acids is 1. The van der Waals surface area contributed by atoms with Gasteiger partial charge in [-0.15, -0.1) is 0 Å². The van der Waals surface area contributed by atoms with Crippen molar-refractivity contribution in [3.05, 3.63) is 29.8 Å². The van der Waals surface area contributed by atoms with Crippen LogP contribution in [0.15, 0.2) is 18.5 Å². The van der Waals surface area contributed by atoms with Crippen LogP contribution in [-0.4, -0.2) is 41.4 Å². The van der Waals surface area contributed by atoms with Gasteiger partial charge in [0.2, 0.25) is 0 Å². The fourth-order valence-electron chi connectivity index (χ4n) is 1.08. The minimum absolute atomic E-state index is 0.0774. The van der Waals surface area contributed by atoms with Crippen LogP contribution in [-0.2, 0) is 0 Å². The van der Waals surface area contributed by atoms with Crippen molar-refractivity contribution in [1.82, 2.24) is 9.88 Å². The maximum absolute atomic E-state index is 13.2. The lowest BCUT2D eigenvalue weighted by atomic mass is 10.2. The molecule has 82 valence electrons. The highest BCUT2D eigenvalue weighted by molar-refractivity contribution is 7.98. The first-order chi connectivity index (χ1) is 7.16. The summed E-state index contributed by atoms with van der Waals surface area (Å²) in [7, 11) is 1.67. The van der Waals surface area contributed by atoms with Crippen molar-refractivity contribution in [2.45, 2.75) is 0 Å². The Morgan fingerprint density at radius 3 is 3.00 bits per heavy atom. The Kier molecular flexibility index (Phi) is 4.55. The third kappa shape index (κ3) is 3.20. The summed E-state index contributed by atoms with van der Waals surface area (Å²) in [6.45, 7) is 0.613. The summed E-state index contributed by atoms with van der Waals surface area (Å²) < 4.78 is 13.2. The molecule has 0 aliphatic carbocycles. The van der Waals surface area contributed by atoms with Crippen molar-refractivity contribution < 1.29 is 9.18 Å². The number of hydrogen-bond acceptors (Lipinski definition) is 3. The van der Waals surface area contributed by atoms with E-state index >= 15 is 0 Å². The molecular weight excluding hydrogens is 215 g/mol. The number of pyridine rings is 1. The second kappa shape index (κ2) is 5.70. The Hall–Kier alpha value is -1.10. The van der Waals surface area contributed by atoms with Gasteiger partial charge in [-0.3, -0.25) is 9.78 Å². The van der Waals surface area contributed by atoms with Gasteiger partial charge in [0.05, 0.1) is 11.8 Å². The van der Waals surface area contributed by atoms with Crippen molar-refractivity contribution in [3.8, 4) is 0 Å². The second-order valence-corrected chi connectivity index (χ2v) is 4.06. The molecule has 0 saturated heterocycles. The monoisotopic (exact) mass is 228 g/mol. The van der Waals surface area contributed by atoms with Crippen molar-refractivity contribution in [2.75, 3.05) is 25.6 Å². The summed E-state index contributed by atoms with van der Waals surface area (Å²) in [4.78, 5) is 16.8. The lowest BCUT2D eigenvalue weighted by molar-refractivity contribution is 0.0799. The Morgan fingerprint density at radius 2 is 2.40 bits per heavy atom. The summed E-state index contributed by atoms with van der Waals surface area (Å²) >= 11 is 1.65. The van der Waals surface area contributed by atoms with Crippen LogP contribution in [0, 0.1) is 5.82 Å². The summed E-state index contributed by atoms with van der Waals surface area (Å²) in [6.07, 6.45) is 4.43. The summed E-state index contributed by atoms with van der Waals surface area (Å²) in [6, 6.07) is 1.40. The number of aromatic nitrogens is 1. The van der Waals surface area contributed by atoms with Crippen LogP contribution in [0.25, 0.3) is 0 Å². The van der Waals surface area contributed by atoms with Gasteiger partial charge >= 0.3 is 0 Å². The molecule has 15 heavy (non-hydrogen) atoms. The molecule has 1 amide bonds. The molecule has 0 N–H and O–H groups in total. The quantitative estimate of drug-likeness (QED) is 0.785. The molecule has 1 aromatic rings. The first-order valence-electron chi connectivity index (χ1n) is 4.50. The standard InChI is InChI=1S/C10H13FN2OS/c1-13(5-6-15-2)10(14)8-3-4-12-7-9(8)11/h3-4,7H,5-6H2,1-2H3. The molecule has 0 aliphatic rings. The lowest BCUT2D eigenvalue weighted by Crippen LogP contribution is -2.29. The van der Waals surface area contributed by atoms with Gasteiger partial charge in [-0.05, 0) is 12.3 Å². The fraction of sp³-hybridized carbons (Fsp3) is 0.400. The van der Waals surface area contributed by atoms with Gasteiger partial charge in [-0.2, -0.15) is 11.8 Å². The number of hydrogen-bond donors (Lipinski definition) is 0. The molecular formula is C10H13FN2OS. The predicted molar refractivity (Wildman–Crippen MR) is 59.5 cm³/mol. The van der Waals surface area contributed by atoms with E-state index in [0.29, 0.717) is 6.54 Å². The molecule has 0 spiro atoms. The maximum atomic E-state index is 13.2. The largest absolute Gasteiger partial charge is 0.341 e. The van der Waals surface area contributed by atoms with Crippen LogP contribution in [0.4, 0.5) is 4.39 Å². The first kappa shape index (κ1) is 12.0. The Balaban J connectivity index is 2.72. The van der Waals surface area contributed by atoms with E-state index < -0.39 is 5.82 Å². The van der Waals surface area contributed by atoms with Crippen LogP contribution >= 0.6 is 11.8 Å². The molecule has 3 nitrogen and oxygen atoms in total. The molecule has 0 aromatic carbocycles. The molecule has 0 radical (unpaired) electrons. The van der Waals surface area contributed by atoms with Gasteiger partial charge < -0.3 is 4.90 Å². The minimum Gasteiger partial charge on any atom is -0.341 e. The van der Waals surface area contributed by atoms with Gasteiger partial charge in [0, 0.05) is 25.5 Å². The third-order valence-corrected chi connectivity index (χ3v) is 2.57. The van der Waals surface area contributed by atoms with Gasteiger partial charge in [-0.1, -0.05) is 0 Å². The lowest BCUT2D eigenvalue weighted by Gasteiger charge is -2.16. The highest BCUT2D eigenvalue weighted by atomic mass is 32.2. The van der Waals surface area contributed by atoms with Crippen molar-refractivity contribution >= 4 is 17.7 Å². The summed E-state index contributed by atoms with van der Waals surface area (Å²) in [5.41, 5.74) is 0.0774. The van der Waals surface area contributed by atoms with Gasteiger partial charge in [-0.25, -0.2) is 4.39 Å². The highest BCUT2D eigenvalue weighted by Gasteiger charge is 2.15. The van der Waals surface area contributed by atoms with Crippen LogP contribution < -0.4 is 0 Å². The van der Waals surface area contributed by atoms with E-state index in [2.05, 4.69) is 4.98 Å². The van der Waals surface area contributed by atoms with Crippen LogP contribution in [0.5, 0.6) is 0 Å². The number of carbonyl (C=O) groups is 1. The topological polar surface area (TPSA) is 33.2 Å². The molecule has 1 rings (SSSR count). The Morgan fingerprint density at radius 1 is 1.67 bits per heavy atom. The summed E-state index contributed by atoms with van der Waals surface area (Å²) in [5.74, 6) is -0.0305. The highest BCUT2D eigenvalue weighted by Crippen LogP contribution is 2.07. The zero-order chi connectivity index (χ0) is 11.3. The Labute approximate surface area is 92.7 Å². The predicted octanol–water partition coefficient (Wildman–Crippen LogP) is 1.66. The number of rotatable bonds is 4. The van der Waals surface area contributed by atoms with E-state index in [0.717, 1.165) is 11.9 Å². The van der Waals surface area contributed by atoms with E-state index in [1.807, 2.05) is 6.26 Å². The second-order valence-electron chi connectivity index (χ2n) is 3.08. The average molecular weight is 228 g/mol. The van der Waals surface area contributed by atoms with Gasteiger partial charge in [0.25, 0.3) is 5.91 Å². The molecule has 5 heteroatoms. The molecule has 0 atom stereocenters. The smallest absolute Gasteiger partial charge is 0.256 e. The third-order valence-electron chi connectivity index (χ3n) is 1.98.